The van der Waals surface area contributed by atoms with Crippen LogP contribution in [0.5, 0.6) is 0 Å². The molecule has 0 saturated heterocycles. The van der Waals surface area contributed by atoms with Crippen molar-refractivity contribution >= 4 is 6.03 Å². The number of hydrogen-bond donors (Lipinski definition) is 2. The molecule has 0 saturated carbocycles. The predicted molar refractivity (Wildman–Crippen MR) is 55.1 cm³/mol. The molecule has 0 heterocycles. The van der Waals surface area contributed by atoms with Crippen LogP contribution in [0.15, 0.2) is 24.3 Å². The molecule has 3 nitrogen and oxygen atoms in total. The maximum Gasteiger partial charge on any atom is 0.312 e. The van der Waals surface area contributed by atoms with Crippen LogP contribution in [0.2, 0.25) is 0 Å². The third-order valence-corrected chi connectivity index (χ3v) is 2.78. The molecule has 1 unspecified atom stereocenters. The summed E-state index contributed by atoms with van der Waals surface area (Å²) in [5.41, 5.74) is 7.81. The van der Waals surface area contributed by atoms with Crippen molar-refractivity contribution < 1.29 is 4.79 Å². The van der Waals surface area contributed by atoms with Crippen LogP contribution >= 0.6 is 0 Å². The summed E-state index contributed by atoms with van der Waals surface area (Å²) in [6.07, 6.45) is 2.22. The second kappa shape index (κ2) is 3.70. The average molecular weight is 190 g/mol. The van der Waals surface area contributed by atoms with Gasteiger partial charge < -0.3 is 11.1 Å². The number of urea groups is 1. The van der Waals surface area contributed by atoms with E-state index in [2.05, 4.69) is 23.5 Å². The van der Waals surface area contributed by atoms with Crippen LogP contribution in [0, 0.1) is 0 Å². The molecule has 1 aromatic rings. The number of amides is 2. The summed E-state index contributed by atoms with van der Waals surface area (Å²) >= 11 is 0. The van der Waals surface area contributed by atoms with Crippen LogP contribution in [0.4, 0.5) is 4.79 Å². The van der Waals surface area contributed by atoms with Gasteiger partial charge in [-0.05, 0) is 24.0 Å². The van der Waals surface area contributed by atoms with Gasteiger partial charge in [0, 0.05) is 12.5 Å². The summed E-state index contributed by atoms with van der Waals surface area (Å²) in [6, 6.07) is 7.95. The standard InChI is InChI=1S/C11H14N2O/c12-11(14)13-7-9-6-5-8-3-1-2-4-10(8)9/h1-4,9H,5-7H2,(H3,12,13,14). The molecule has 1 aliphatic rings. The monoisotopic (exact) mass is 190 g/mol. The SMILES string of the molecule is NC(=O)NCC1CCc2ccccc21. The molecule has 2 amide bonds. The summed E-state index contributed by atoms with van der Waals surface area (Å²) in [5, 5.41) is 2.67. The molecule has 0 spiro atoms. The van der Waals surface area contributed by atoms with Gasteiger partial charge in [-0.2, -0.15) is 0 Å². The van der Waals surface area contributed by atoms with Crippen LogP contribution in [-0.4, -0.2) is 12.6 Å². The first-order valence-corrected chi connectivity index (χ1v) is 4.88. The molecule has 1 atom stereocenters. The van der Waals surface area contributed by atoms with Crippen molar-refractivity contribution in [3.05, 3.63) is 35.4 Å². The first kappa shape index (κ1) is 9.06. The van der Waals surface area contributed by atoms with Gasteiger partial charge in [-0.25, -0.2) is 4.79 Å². The van der Waals surface area contributed by atoms with Crippen molar-refractivity contribution in [1.82, 2.24) is 5.32 Å². The number of fused-ring (bicyclic) bond motifs is 1. The van der Waals surface area contributed by atoms with E-state index in [9.17, 15) is 4.79 Å². The van der Waals surface area contributed by atoms with Crippen LogP contribution in [-0.2, 0) is 6.42 Å². The van der Waals surface area contributed by atoms with Crippen molar-refractivity contribution in [2.45, 2.75) is 18.8 Å². The Balaban J connectivity index is 2.07. The fraction of sp³-hybridized carbons (Fsp3) is 0.364. The lowest BCUT2D eigenvalue weighted by Gasteiger charge is -2.10. The molecule has 2 rings (SSSR count). The highest BCUT2D eigenvalue weighted by Gasteiger charge is 2.21. The molecule has 0 aromatic heterocycles. The number of rotatable bonds is 2. The summed E-state index contributed by atoms with van der Waals surface area (Å²) in [5.74, 6) is 0.443. The summed E-state index contributed by atoms with van der Waals surface area (Å²) < 4.78 is 0. The summed E-state index contributed by atoms with van der Waals surface area (Å²) in [7, 11) is 0. The highest BCUT2D eigenvalue weighted by molar-refractivity contribution is 5.71. The lowest BCUT2D eigenvalue weighted by molar-refractivity contribution is 0.248. The number of benzene rings is 1. The Labute approximate surface area is 83.3 Å². The van der Waals surface area contributed by atoms with E-state index in [1.54, 1.807) is 0 Å². The smallest absolute Gasteiger partial charge is 0.312 e. The maximum atomic E-state index is 10.6. The van der Waals surface area contributed by atoms with Crippen LogP contribution in [0.1, 0.15) is 23.5 Å². The molecular weight excluding hydrogens is 176 g/mol. The van der Waals surface area contributed by atoms with Gasteiger partial charge in [-0.1, -0.05) is 24.3 Å². The van der Waals surface area contributed by atoms with Gasteiger partial charge in [-0.15, -0.1) is 0 Å². The van der Waals surface area contributed by atoms with E-state index in [-0.39, 0.29) is 0 Å². The van der Waals surface area contributed by atoms with Gasteiger partial charge in [0.1, 0.15) is 0 Å². The van der Waals surface area contributed by atoms with Gasteiger partial charge in [0.2, 0.25) is 0 Å². The van der Waals surface area contributed by atoms with E-state index < -0.39 is 6.03 Å². The van der Waals surface area contributed by atoms with Crippen molar-refractivity contribution in [1.29, 1.82) is 0 Å². The first-order valence-electron chi connectivity index (χ1n) is 4.88. The Morgan fingerprint density at radius 2 is 2.29 bits per heavy atom. The van der Waals surface area contributed by atoms with E-state index in [1.807, 2.05) is 6.07 Å². The Morgan fingerprint density at radius 3 is 3.07 bits per heavy atom. The normalized spacial score (nSPS) is 19.0. The van der Waals surface area contributed by atoms with Gasteiger partial charge in [0.25, 0.3) is 0 Å². The first-order chi connectivity index (χ1) is 6.77. The van der Waals surface area contributed by atoms with Crippen LogP contribution < -0.4 is 11.1 Å². The van der Waals surface area contributed by atoms with Crippen molar-refractivity contribution in [2.24, 2.45) is 5.73 Å². The third-order valence-electron chi connectivity index (χ3n) is 2.78. The topological polar surface area (TPSA) is 55.1 Å². The fourth-order valence-corrected chi connectivity index (χ4v) is 2.08. The quantitative estimate of drug-likeness (QED) is 0.727. The zero-order valence-corrected chi connectivity index (χ0v) is 7.99. The minimum absolute atomic E-state index is 0.436. The molecule has 3 N–H and O–H groups in total. The Hall–Kier alpha value is -1.51. The van der Waals surface area contributed by atoms with Crippen molar-refractivity contribution in [2.75, 3.05) is 6.54 Å². The molecule has 3 heteroatoms. The summed E-state index contributed by atoms with van der Waals surface area (Å²) in [6.45, 7) is 0.659. The Morgan fingerprint density at radius 1 is 1.50 bits per heavy atom. The number of nitrogens with two attached hydrogens (primary N) is 1. The molecule has 0 fully saturated rings. The molecule has 14 heavy (non-hydrogen) atoms. The number of carbonyl (C=O) groups is 1. The van der Waals surface area contributed by atoms with E-state index >= 15 is 0 Å². The second-order valence-corrected chi connectivity index (χ2v) is 3.68. The van der Waals surface area contributed by atoms with Gasteiger partial charge in [0.05, 0.1) is 0 Å². The predicted octanol–water partition coefficient (Wildman–Crippen LogP) is 1.38. The zero-order valence-electron chi connectivity index (χ0n) is 7.99. The Kier molecular flexibility index (Phi) is 2.39. The van der Waals surface area contributed by atoms with E-state index in [0.717, 1.165) is 12.8 Å². The number of hydrogen-bond acceptors (Lipinski definition) is 1. The number of aryl methyl sites for hydroxylation is 1. The average Bonchev–Trinajstić information content (AvgIpc) is 2.58. The number of nitrogens with one attached hydrogen (secondary N) is 1. The molecule has 0 aliphatic heterocycles. The lowest BCUT2D eigenvalue weighted by Crippen LogP contribution is -2.32. The van der Waals surface area contributed by atoms with E-state index in [0.29, 0.717) is 12.5 Å². The number of primary amides is 1. The summed E-state index contributed by atoms with van der Waals surface area (Å²) in [4.78, 5) is 10.6. The van der Waals surface area contributed by atoms with Crippen LogP contribution in [0.3, 0.4) is 0 Å². The van der Waals surface area contributed by atoms with Gasteiger partial charge >= 0.3 is 6.03 Å². The number of carbonyl (C=O) groups excluding carboxylic acids is 1. The van der Waals surface area contributed by atoms with Gasteiger partial charge in [-0.3, -0.25) is 0 Å². The third kappa shape index (κ3) is 1.71. The highest BCUT2D eigenvalue weighted by atomic mass is 16.2. The van der Waals surface area contributed by atoms with Crippen molar-refractivity contribution in [3.63, 3.8) is 0 Å². The lowest BCUT2D eigenvalue weighted by atomic mass is 10.0. The van der Waals surface area contributed by atoms with Crippen molar-refractivity contribution in [3.8, 4) is 0 Å². The molecule has 0 radical (unpaired) electrons. The molecular formula is C11H14N2O. The maximum absolute atomic E-state index is 10.6. The zero-order chi connectivity index (χ0) is 9.97. The molecule has 1 aliphatic carbocycles. The fourth-order valence-electron chi connectivity index (χ4n) is 2.08. The second-order valence-electron chi connectivity index (χ2n) is 3.68. The largest absolute Gasteiger partial charge is 0.352 e. The van der Waals surface area contributed by atoms with E-state index in [4.69, 9.17) is 5.73 Å². The Bertz CT molecular complexity index is 349. The van der Waals surface area contributed by atoms with E-state index in [1.165, 1.54) is 11.1 Å². The molecule has 74 valence electrons. The molecule has 0 bridgehead atoms. The highest BCUT2D eigenvalue weighted by Crippen LogP contribution is 2.31. The molecule has 1 aromatic carbocycles. The van der Waals surface area contributed by atoms with Crippen LogP contribution in [0.25, 0.3) is 0 Å². The minimum Gasteiger partial charge on any atom is -0.352 e. The van der Waals surface area contributed by atoms with Gasteiger partial charge in [0.15, 0.2) is 0 Å². The minimum atomic E-state index is -0.436.